The fraction of sp³-hybridized carbons (Fsp3) is 0. The molecule has 210 valence electrons. The average Bonchev–Trinajstić information content (AvgIpc) is 3.84. The molecule has 4 heterocycles. The number of para-hydroxylation sites is 2. The first-order valence-corrected chi connectivity index (χ1v) is 15.8. The highest BCUT2D eigenvalue weighted by Crippen LogP contribution is 2.50. The fourth-order valence-electron chi connectivity index (χ4n) is 8.72. The van der Waals surface area contributed by atoms with Gasteiger partial charge in [-0.2, -0.15) is 0 Å². The van der Waals surface area contributed by atoms with Crippen LogP contribution in [-0.4, -0.2) is 18.9 Å². The van der Waals surface area contributed by atoms with Crippen LogP contribution in [0.15, 0.2) is 134 Å². The van der Waals surface area contributed by atoms with Crippen molar-refractivity contribution in [3.63, 3.8) is 0 Å². The van der Waals surface area contributed by atoms with E-state index in [0.717, 1.165) is 22.5 Å². The molecule has 0 unspecified atom stereocenters. The minimum atomic E-state index is 0.966. The van der Waals surface area contributed by atoms with Crippen LogP contribution in [-0.2, 0) is 0 Å². The van der Waals surface area contributed by atoms with Gasteiger partial charge in [-0.25, -0.2) is 0 Å². The number of fused-ring (bicyclic) bond motifs is 15. The molecule has 0 spiro atoms. The zero-order chi connectivity index (χ0) is 29.7. The number of nitrogens with zero attached hydrogens (tertiary/aromatic N) is 4. The number of aromatic nitrogens is 4. The topological polar surface area (TPSA) is 35.1 Å². The second-order valence-corrected chi connectivity index (χ2v) is 12.5. The van der Waals surface area contributed by atoms with Crippen LogP contribution in [0.25, 0.3) is 110 Å². The quantitative estimate of drug-likeness (QED) is 0.193. The molecule has 0 bridgehead atoms. The van der Waals surface area contributed by atoms with Gasteiger partial charge in [0.15, 0.2) is 0 Å². The Morgan fingerprint density at radius 2 is 1.09 bits per heavy atom. The van der Waals surface area contributed by atoms with E-state index in [1.54, 1.807) is 12.4 Å². The minimum absolute atomic E-state index is 0.966. The van der Waals surface area contributed by atoms with Crippen LogP contribution in [0, 0.1) is 0 Å². The summed E-state index contributed by atoms with van der Waals surface area (Å²) in [6.07, 6.45) is 3.59. The van der Waals surface area contributed by atoms with Crippen molar-refractivity contribution in [3.8, 4) is 28.2 Å². The van der Waals surface area contributed by atoms with Crippen LogP contribution >= 0.6 is 0 Å². The van der Waals surface area contributed by atoms with Crippen molar-refractivity contribution in [2.24, 2.45) is 0 Å². The van der Waals surface area contributed by atoms with E-state index in [-0.39, 0.29) is 0 Å². The van der Waals surface area contributed by atoms with Crippen LogP contribution in [0.1, 0.15) is 0 Å². The van der Waals surface area contributed by atoms with Gasteiger partial charge in [0.25, 0.3) is 0 Å². The molecule has 0 fully saturated rings. The maximum absolute atomic E-state index is 4.76. The van der Waals surface area contributed by atoms with Gasteiger partial charge in [-0.05, 0) is 35.7 Å². The Balaban J connectivity index is 1.36. The van der Waals surface area contributed by atoms with Crippen molar-refractivity contribution in [3.05, 3.63) is 134 Å². The van der Waals surface area contributed by atoms with E-state index < -0.39 is 0 Å². The zero-order valence-corrected chi connectivity index (χ0v) is 24.5. The Hall–Kier alpha value is -6.26. The molecule has 4 heteroatoms. The van der Waals surface area contributed by atoms with Crippen LogP contribution in [0.2, 0.25) is 0 Å². The Bertz CT molecular complexity index is 3110. The molecule has 4 nitrogen and oxygen atoms in total. The molecule has 4 aromatic heterocycles. The van der Waals surface area contributed by atoms with E-state index in [0.29, 0.717) is 0 Å². The smallest absolute Gasteiger partial charge is 0.0971 e. The second kappa shape index (κ2) is 7.87. The van der Waals surface area contributed by atoms with Crippen LogP contribution in [0.3, 0.4) is 0 Å². The van der Waals surface area contributed by atoms with Crippen molar-refractivity contribution in [1.82, 2.24) is 18.9 Å². The largest absolute Gasteiger partial charge is 0.308 e. The molecule has 7 aromatic carbocycles. The van der Waals surface area contributed by atoms with E-state index in [1.807, 2.05) is 0 Å². The van der Waals surface area contributed by atoms with Gasteiger partial charge in [0.1, 0.15) is 0 Å². The second-order valence-electron chi connectivity index (χ2n) is 12.5. The van der Waals surface area contributed by atoms with Crippen LogP contribution in [0.5, 0.6) is 0 Å². The van der Waals surface area contributed by atoms with Crippen molar-refractivity contribution >= 4 is 81.4 Å². The van der Waals surface area contributed by atoms with Gasteiger partial charge in [0, 0.05) is 72.0 Å². The normalized spacial score (nSPS) is 12.8. The first-order valence-electron chi connectivity index (χ1n) is 15.8. The summed E-state index contributed by atoms with van der Waals surface area (Å²) in [5.41, 5.74) is 11.7. The molecule has 0 atom stereocenters. The summed E-state index contributed by atoms with van der Waals surface area (Å²) in [4.78, 5) is 9.52. The first kappa shape index (κ1) is 23.2. The summed E-state index contributed by atoms with van der Waals surface area (Å²) in [5, 5.41) is 12.7. The SMILES string of the molecule is c1ccc2c(c1)ccc1c3c4c(cc5c6ccccc6n(c21)c53)c1ccccc1n4-c1ccc2c3c(cccc13)-c1nccnc1-2. The van der Waals surface area contributed by atoms with Crippen molar-refractivity contribution in [2.45, 2.75) is 0 Å². The van der Waals surface area contributed by atoms with Gasteiger partial charge < -0.3 is 8.97 Å². The standard InChI is InChI=1S/C42H22N4/c1-2-9-24-23(8-1)16-17-30-37-41-31(22-32-26-11-4-6-15-34(26)46(40(24)30)42(32)37)25-10-3-5-14-33(25)45(41)35-19-18-29-36-27(35)12-7-13-28(36)38-39(29)44-21-20-43-38/h1-22H. The number of rotatable bonds is 1. The summed E-state index contributed by atoms with van der Waals surface area (Å²) >= 11 is 0. The molecule has 1 aliphatic carbocycles. The third-order valence-electron chi connectivity index (χ3n) is 10.5. The minimum Gasteiger partial charge on any atom is -0.308 e. The lowest BCUT2D eigenvalue weighted by atomic mass is 10.0. The summed E-state index contributed by atoms with van der Waals surface area (Å²) in [7, 11) is 0. The first-order chi connectivity index (χ1) is 22.9. The Labute approximate surface area is 261 Å². The van der Waals surface area contributed by atoms with Gasteiger partial charge >= 0.3 is 0 Å². The molecular formula is C42H22N4. The number of hydrogen-bond donors (Lipinski definition) is 0. The molecular weight excluding hydrogens is 560 g/mol. The number of benzene rings is 7. The highest BCUT2D eigenvalue weighted by atomic mass is 15.0. The highest BCUT2D eigenvalue weighted by molar-refractivity contribution is 6.36. The van der Waals surface area contributed by atoms with Crippen molar-refractivity contribution in [1.29, 1.82) is 0 Å². The van der Waals surface area contributed by atoms with E-state index in [1.165, 1.54) is 87.1 Å². The summed E-state index contributed by atoms with van der Waals surface area (Å²) < 4.78 is 5.05. The summed E-state index contributed by atoms with van der Waals surface area (Å²) in [6.45, 7) is 0. The van der Waals surface area contributed by atoms with Crippen molar-refractivity contribution < 1.29 is 0 Å². The van der Waals surface area contributed by atoms with Gasteiger partial charge in [-0.1, -0.05) is 91.0 Å². The van der Waals surface area contributed by atoms with Gasteiger partial charge in [-0.15, -0.1) is 0 Å². The zero-order valence-electron chi connectivity index (χ0n) is 24.5. The summed E-state index contributed by atoms with van der Waals surface area (Å²) in [5.74, 6) is 0. The van der Waals surface area contributed by atoms with E-state index in [9.17, 15) is 0 Å². The Morgan fingerprint density at radius 3 is 1.93 bits per heavy atom. The predicted octanol–water partition coefficient (Wildman–Crippen LogP) is 10.7. The molecule has 0 radical (unpaired) electrons. The van der Waals surface area contributed by atoms with Crippen molar-refractivity contribution in [2.75, 3.05) is 0 Å². The molecule has 1 aliphatic rings. The Morgan fingerprint density at radius 1 is 0.413 bits per heavy atom. The maximum Gasteiger partial charge on any atom is 0.0971 e. The maximum atomic E-state index is 4.76. The fourth-order valence-corrected chi connectivity index (χ4v) is 8.72. The van der Waals surface area contributed by atoms with Gasteiger partial charge in [0.05, 0.1) is 44.7 Å². The molecule has 12 rings (SSSR count). The lowest BCUT2D eigenvalue weighted by molar-refractivity contribution is 1.20. The van der Waals surface area contributed by atoms with Crippen LogP contribution < -0.4 is 0 Å². The van der Waals surface area contributed by atoms with Crippen LogP contribution in [0.4, 0.5) is 0 Å². The van der Waals surface area contributed by atoms with E-state index in [4.69, 9.17) is 9.97 Å². The highest BCUT2D eigenvalue weighted by Gasteiger charge is 2.28. The number of hydrogen-bond acceptors (Lipinski definition) is 2. The van der Waals surface area contributed by atoms with Gasteiger partial charge in [-0.3, -0.25) is 9.97 Å². The summed E-state index contributed by atoms with van der Waals surface area (Å²) in [6, 6.07) is 44.8. The molecule has 46 heavy (non-hydrogen) atoms. The molecule has 0 aliphatic heterocycles. The van der Waals surface area contributed by atoms with E-state index in [2.05, 4.69) is 130 Å². The van der Waals surface area contributed by atoms with E-state index >= 15 is 0 Å². The molecule has 0 N–H and O–H groups in total. The molecule has 11 aromatic rings. The molecule has 0 saturated carbocycles. The lowest BCUT2D eigenvalue weighted by Crippen LogP contribution is -1.96. The predicted molar refractivity (Wildman–Crippen MR) is 190 cm³/mol. The third-order valence-corrected chi connectivity index (χ3v) is 10.5. The lowest BCUT2D eigenvalue weighted by Gasteiger charge is -2.14. The van der Waals surface area contributed by atoms with Gasteiger partial charge in [0.2, 0.25) is 0 Å². The Kier molecular flexibility index (Phi) is 3.96. The monoisotopic (exact) mass is 582 g/mol. The average molecular weight is 583 g/mol. The molecule has 0 amide bonds. The third kappa shape index (κ3) is 2.54. The molecule has 0 saturated heterocycles.